The van der Waals surface area contributed by atoms with Crippen LogP contribution >= 0.6 is 0 Å². The lowest BCUT2D eigenvalue weighted by Gasteiger charge is -2.12. The van der Waals surface area contributed by atoms with E-state index in [1.165, 1.54) is 0 Å². The highest BCUT2D eigenvalue weighted by Gasteiger charge is 2.30. The molecule has 3 N–H and O–H groups in total. The van der Waals surface area contributed by atoms with E-state index in [1.807, 2.05) is 43.7 Å². The van der Waals surface area contributed by atoms with E-state index >= 15 is 0 Å². The van der Waals surface area contributed by atoms with E-state index in [0.29, 0.717) is 48.6 Å². The highest BCUT2D eigenvalue weighted by atomic mass is 16.5. The number of fused-ring (bicyclic) bond motifs is 1. The van der Waals surface area contributed by atoms with Crippen LogP contribution < -0.4 is 16.4 Å². The average Bonchev–Trinajstić information content (AvgIpc) is 3.10. The maximum Gasteiger partial charge on any atom is 0.254 e. The molecule has 0 unspecified atom stereocenters. The van der Waals surface area contributed by atoms with Crippen molar-refractivity contribution in [1.82, 2.24) is 14.5 Å². The fraction of sp³-hybridized carbons (Fsp3) is 0.381. The molecular weight excluding hydrogens is 372 g/mol. The number of aliphatic hydroxyl groups excluding tert-OH is 1. The molecule has 0 spiro atoms. The van der Waals surface area contributed by atoms with Crippen molar-refractivity contribution in [1.29, 1.82) is 0 Å². The fourth-order valence-electron chi connectivity index (χ4n) is 3.32. The molecule has 1 fully saturated rings. The number of rotatable bonds is 5. The van der Waals surface area contributed by atoms with Crippen molar-refractivity contribution in [2.24, 2.45) is 7.05 Å². The van der Waals surface area contributed by atoms with Gasteiger partial charge in [0.05, 0.1) is 5.35 Å². The zero-order chi connectivity index (χ0) is 21.6. The summed E-state index contributed by atoms with van der Waals surface area (Å²) in [6.07, 6.45) is 9.34. The molecule has 1 amide bonds. The Bertz CT molecular complexity index is 999. The van der Waals surface area contributed by atoms with Gasteiger partial charge >= 0.3 is 0 Å². The molecular formula is C21H28N4O4. The van der Waals surface area contributed by atoms with Crippen molar-refractivity contribution in [3.63, 3.8) is 0 Å². The second-order valence-electron chi connectivity index (χ2n) is 6.54. The molecule has 1 saturated heterocycles. The third-order valence-electron chi connectivity index (χ3n) is 4.79. The summed E-state index contributed by atoms with van der Waals surface area (Å²) in [5, 5.41) is 8.60. The quantitative estimate of drug-likeness (QED) is 0.680. The van der Waals surface area contributed by atoms with Gasteiger partial charge in [0, 0.05) is 45.7 Å². The molecule has 0 aromatic carbocycles. The standard InChI is InChI=1S/C20H24N4O3.CH4O/c1-4-17-18(22-20(21)23(17)3)13(2)27-15-7-6-14-12-24(10-5-11-25)19(26)16(14)9-8-15;1-2/h4,6,8-9,11H,5,7,10,12H2,1-3H3,(H2,21,22);2H,1H3/b17-4+,18-13-;. The largest absolute Gasteiger partial charge is 0.464 e. The summed E-state index contributed by atoms with van der Waals surface area (Å²) in [7, 11) is 2.86. The third-order valence-corrected chi connectivity index (χ3v) is 4.79. The van der Waals surface area contributed by atoms with Gasteiger partial charge in [-0.2, -0.15) is 0 Å². The van der Waals surface area contributed by atoms with Gasteiger partial charge < -0.3 is 29.8 Å². The minimum Gasteiger partial charge on any atom is -0.464 e. The molecule has 2 heterocycles. The number of imidazole rings is 1. The zero-order valence-electron chi connectivity index (χ0n) is 17.3. The number of aldehydes is 1. The number of ether oxygens (including phenoxy) is 1. The van der Waals surface area contributed by atoms with E-state index in [2.05, 4.69) is 4.98 Å². The molecule has 3 rings (SSSR count). The van der Waals surface area contributed by atoms with Crippen LogP contribution in [0.2, 0.25) is 0 Å². The van der Waals surface area contributed by atoms with Gasteiger partial charge in [0.25, 0.3) is 5.91 Å². The molecule has 1 aliphatic carbocycles. The van der Waals surface area contributed by atoms with E-state index < -0.39 is 0 Å². The van der Waals surface area contributed by atoms with Crippen molar-refractivity contribution in [3.05, 3.63) is 45.8 Å². The average molecular weight is 400 g/mol. The second-order valence-corrected chi connectivity index (χ2v) is 6.54. The Morgan fingerprint density at radius 2 is 2.10 bits per heavy atom. The number of nitrogens with zero attached hydrogens (tertiary/aromatic N) is 3. The molecule has 2 aliphatic rings. The SMILES string of the molecule is C/C=c1\c(=C(/C)OC2=CC=C3C(=O)N(CCC=O)CC3=CC2)nc(N)n1C.CO. The highest BCUT2D eigenvalue weighted by Crippen LogP contribution is 2.28. The summed E-state index contributed by atoms with van der Waals surface area (Å²) in [4.78, 5) is 29.1. The van der Waals surface area contributed by atoms with Gasteiger partial charge in [0.1, 0.15) is 23.2 Å². The Kier molecular flexibility index (Phi) is 7.55. The highest BCUT2D eigenvalue weighted by molar-refractivity contribution is 6.01. The lowest BCUT2D eigenvalue weighted by atomic mass is 10.1. The number of nitrogen functional groups attached to an aromatic ring is 1. The van der Waals surface area contributed by atoms with Gasteiger partial charge in [-0.1, -0.05) is 12.2 Å². The number of hydrogen-bond donors (Lipinski definition) is 2. The van der Waals surface area contributed by atoms with Crippen LogP contribution in [0.1, 0.15) is 26.7 Å². The summed E-state index contributed by atoms with van der Waals surface area (Å²) in [5.41, 5.74) is 7.55. The van der Waals surface area contributed by atoms with Gasteiger partial charge in [-0.05, 0) is 31.6 Å². The van der Waals surface area contributed by atoms with Crippen molar-refractivity contribution in [2.75, 3.05) is 25.9 Å². The number of amides is 1. The van der Waals surface area contributed by atoms with E-state index in [4.69, 9.17) is 15.6 Å². The molecule has 1 aromatic rings. The van der Waals surface area contributed by atoms with Gasteiger partial charge in [-0.15, -0.1) is 0 Å². The number of aliphatic hydroxyl groups is 1. The first-order valence-corrected chi connectivity index (χ1v) is 9.37. The molecule has 8 heteroatoms. The third kappa shape index (κ3) is 4.65. The number of anilines is 1. The smallest absolute Gasteiger partial charge is 0.254 e. The molecule has 29 heavy (non-hydrogen) atoms. The first-order valence-electron chi connectivity index (χ1n) is 9.37. The van der Waals surface area contributed by atoms with Gasteiger partial charge in [0.2, 0.25) is 5.95 Å². The fourth-order valence-corrected chi connectivity index (χ4v) is 3.32. The summed E-state index contributed by atoms with van der Waals surface area (Å²) in [6, 6.07) is 0. The van der Waals surface area contributed by atoms with Crippen LogP contribution in [0.15, 0.2) is 35.1 Å². The Balaban J connectivity index is 0.00000145. The van der Waals surface area contributed by atoms with Crippen molar-refractivity contribution in [2.45, 2.75) is 26.7 Å². The number of likely N-dealkylation sites (tertiary alicyclic amines) is 1. The van der Waals surface area contributed by atoms with Gasteiger partial charge in [0.15, 0.2) is 0 Å². The molecule has 1 aliphatic heterocycles. The maximum absolute atomic E-state index is 12.5. The number of hydrogen-bond acceptors (Lipinski definition) is 6. The van der Waals surface area contributed by atoms with Crippen LogP contribution in [0.5, 0.6) is 0 Å². The Hall–Kier alpha value is -3.13. The summed E-state index contributed by atoms with van der Waals surface area (Å²) >= 11 is 0. The first-order chi connectivity index (χ1) is 14.0. The maximum atomic E-state index is 12.5. The molecule has 8 nitrogen and oxygen atoms in total. The van der Waals surface area contributed by atoms with Gasteiger partial charge in [-0.25, -0.2) is 4.98 Å². The molecule has 0 saturated carbocycles. The van der Waals surface area contributed by atoms with E-state index in [0.717, 1.165) is 30.1 Å². The van der Waals surface area contributed by atoms with Crippen molar-refractivity contribution < 1.29 is 19.4 Å². The number of carbonyl (C=O) groups excluding carboxylic acids is 2. The Morgan fingerprint density at radius 3 is 2.76 bits per heavy atom. The van der Waals surface area contributed by atoms with Crippen molar-refractivity contribution >= 4 is 30.0 Å². The van der Waals surface area contributed by atoms with Crippen LogP contribution in [0, 0.1) is 0 Å². The van der Waals surface area contributed by atoms with E-state index in [9.17, 15) is 9.59 Å². The van der Waals surface area contributed by atoms with E-state index in [1.54, 1.807) is 11.0 Å². The van der Waals surface area contributed by atoms with Crippen LogP contribution in [0.3, 0.4) is 0 Å². The second kappa shape index (κ2) is 9.88. The minimum atomic E-state index is -0.0401. The number of allylic oxidation sites excluding steroid dienone is 3. The van der Waals surface area contributed by atoms with Crippen LogP contribution in [0.4, 0.5) is 5.95 Å². The lowest BCUT2D eigenvalue weighted by Crippen LogP contribution is -2.30. The predicted molar refractivity (Wildman–Crippen MR) is 111 cm³/mol. The first kappa shape index (κ1) is 22.2. The number of carbonyl (C=O) groups is 2. The predicted octanol–water partition coefficient (Wildman–Crippen LogP) is 0.128. The van der Waals surface area contributed by atoms with Crippen LogP contribution in [-0.2, 0) is 21.4 Å². The van der Waals surface area contributed by atoms with Gasteiger partial charge in [-0.3, -0.25) is 4.79 Å². The molecule has 0 bridgehead atoms. The number of aromatic nitrogens is 2. The molecule has 156 valence electrons. The topological polar surface area (TPSA) is 111 Å². The monoisotopic (exact) mass is 400 g/mol. The molecule has 1 aromatic heterocycles. The Labute approximate surface area is 170 Å². The lowest BCUT2D eigenvalue weighted by molar-refractivity contribution is -0.125. The van der Waals surface area contributed by atoms with Crippen molar-refractivity contribution in [3.8, 4) is 0 Å². The Morgan fingerprint density at radius 1 is 1.38 bits per heavy atom. The van der Waals surface area contributed by atoms with Crippen LogP contribution in [-0.4, -0.2) is 52.0 Å². The molecule has 0 radical (unpaired) electrons. The summed E-state index contributed by atoms with van der Waals surface area (Å²) < 4.78 is 7.84. The zero-order valence-corrected chi connectivity index (χ0v) is 17.3. The summed E-state index contributed by atoms with van der Waals surface area (Å²) in [5.74, 6) is 1.78. The number of nitrogens with two attached hydrogens (primary N) is 1. The summed E-state index contributed by atoms with van der Waals surface area (Å²) in [6.45, 7) is 4.77. The van der Waals surface area contributed by atoms with E-state index in [-0.39, 0.29) is 5.91 Å². The minimum absolute atomic E-state index is 0.0401. The molecule has 0 atom stereocenters. The van der Waals surface area contributed by atoms with Crippen LogP contribution in [0.25, 0.3) is 11.8 Å². The normalized spacial score (nSPS) is 17.4.